The van der Waals surface area contributed by atoms with Gasteiger partial charge in [-0.3, -0.25) is 18.6 Å². The van der Waals surface area contributed by atoms with E-state index in [9.17, 15) is 19.0 Å². The molecule has 0 aliphatic rings. The van der Waals surface area contributed by atoms with Crippen LogP contribution >= 0.6 is 7.82 Å². The van der Waals surface area contributed by atoms with Gasteiger partial charge in [0.1, 0.15) is 6.61 Å². The van der Waals surface area contributed by atoms with Crippen LogP contribution in [0.4, 0.5) is 0 Å². The summed E-state index contributed by atoms with van der Waals surface area (Å²) in [7, 11) is -4.38. The summed E-state index contributed by atoms with van der Waals surface area (Å²) < 4.78 is 33.0. The van der Waals surface area contributed by atoms with Gasteiger partial charge in [-0.1, -0.05) is 244 Å². The van der Waals surface area contributed by atoms with Crippen molar-refractivity contribution in [2.45, 2.75) is 290 Å². The molecule has 0 fully saturated rings. The van der Waals surface area contributed by atoms with Crippen molar-refractivity contribution in [3.8, 4) is 0 Å². The number of esters is 2. The Morgan fingerprint density at radius 2 is 0.778 bits per heavy atom. The minimum atomic E-state index is -4.38. The molecule has 0 amide bonds. The van der Waals surface area contributed by atoms with Crippen LogP contribution in [0.25, 0.3) is 0 Å². The molecule has 0 aromatic carbocycles. The van der Waals surface area contributed by atoms with Gasteiger partial charge in [-0.25, -0.2) is 4.57 Å². The smallest absolute Gasteiger partial charge is 0.462 e. The largest absolute Gasteiger partial charge is 0.472 e. The molecule has 0 spiro atoms. The molecule has 0 saturated carbocycles. The quantitative estimate of drug-likeness (QED) is 0.0265. The first-order chi connectivity index (χ1) is 30.8. The lowest BCUT2D eigenvalue weighted by Gasteiger charge is -2.19. The van der Waals surface area contributed by atoms with Crippen LogP contribution in [0, 0.1) is 0 Å². The number of hydrogen-bond donors (Lipinski definition) is 2. The zero-order chi connectivity index (χ0) is 46.0. The fourth-order valence-electron chi connectivity index (χ4n) is 8.10. The van der Waals surface area contributed by atoms with Crippen molar-refractivity contribution >= 4 is 19.8 Å². The summed E-state index contributed by atoms with van der Waals surface area (Å²) in [5, 5.41) is 0. The molecular formula is C53H104NO8P. The third-order valence-corrected chi connectivity index (χ3v) is 13.1. The number of allylic oxidation sites excluding steroid dienone is 2. The maximum absolute atomic E-state index is 12.7. The van der Waals surface area contributed by atoms with Gasteiger partial charge >= 0.3 is 19.8 Å². The van der Waals surface area contributed by atoms with Crippen molar-refractivity contribution in [2.24, 2.45) is 5.73 Å². The summed E-state index contributed by atoms with van der Waals surface area (Å²) in [5.74, 6) is -0.812. The second-order valence-corrected chi connectivity index (χ2v) is 19.9. The van der Waals surface area contributed by atoms with Gasteiger partial charge in [0.05, 0.1) is 13.2 Å². The van der Waals surface area contributed by atoms with E-state index in [4.69, 9.17) is 24.3 Å². The Morgan fingerprint density at radius 3 is 1.13 bits per heavy atom. The molecule has 0 aliphatic carbocycles. The Bertz CT molecular complexity index is 1040. The zero-order valence-corrected chi connectivity index (χ0v) is 42.5. The van der Waals surface area contributed by atoms with E-state index in [1.165, 1.54) is 212 Å². The molecule has 63 heavy (non-hydrogen) atoms. The van der Waals surface area contributed by atoms with Gasteiger partial charge in [-0.05, 0) is 38.5 Å². The molecule has 0 aromatic rings. The average Bonchev–Trinajstić information content (AvgIpc) is 3.27. The molecule has 2 unspecified atom stereocenters. The number of phosphoric acid groups is 1. The minimum absolute atomic E-state index is 0.0563. The minimum Gasteiger partial charge on any atom is -0.462 e. The summed E-state index contributed by atoms with van der Waals surface area (Å²) in [6.07, 6.45) is 55.4. The lowest BCUT2D eigenvalue weighted by molar-refractivity contribution is -0.161. The Balaban J connectivity index is 3.98. The molecule has 10 heteroatoms. The topological polar surface area (TPSA) is 134 Å². The van der Waals surface area contributed by atoms with Crippen molar-refractivity contribution in [1.29, 1.82) is 0 Å². The highest BCUT2D eigenvalue weighted by atomic mass is 31.2. The highest BCUT2D eigenvalue weighted by Crippen LogP contribution is 2.43. The van der Waals surface area contributed by atoms with Crippen molar-refractivity contribution in [3.63, 3.8) is 0 Å². The monoisotopic (exact) mass is 914 g/mol. The van der Waals surface area contributed by atoms with Crippen LogP contribution in [-0.4, -0.2) is 49.3 Å². The van der Waals surface area contributed by atoms with E-state index in [0.29, 0.717) is 6.42 Å². The fourth-order valence-corrected chi connectivity index (χ4v) is 8.87. The first-order valence-electron chi connectivity index (χ1n) is 27.2. The first kappa shape index (κ1) is 61.8. The van der Waals surface area contributed by atoms with Gasteiger partial charge in [0.2, 0.25) is 0 Å². The maximum Gasteiger partial charge on any atom is 0.472 e. The van der Waals surface area contributed by atoms with Gasteiger partial charge < -0.3 is 20.1 Å². The van der Waals surface area contributed by atoms with Crippen LogP contribution in [0.5, 0.6) is 0 Å². The van der Waals surface area contributed by atoms with Crippen LogP contribution in [0.1, 0.15) is 284 Å². The third kappa shape index (κ3) is 50.0. The van der Waals surface area contributed by atoms with Gasteiger partial charge in [0, 0.05) is 19.4 Å². The average molecular weight is 914 g/mol. The number of carbonyl (C=O) groups excluding carboxylic acids is 2. The number of nitrogens with two attached hydrogens (primary N) is 1. The van der Waals surface area contributed by atoms with Gasteiger partial charge in [-0.15, -0.1) is 0 Å². The van der Waals surface area contributed by atoms with E-state index in [1.54, 1.807) is 0 Å². The van der Waals surface area contributed by atoms with E-state index >= 15 is 0 Å². The number of unbranched alkanes of at least 4 members (excludes halogenated alkanes) is 37. The SMILES string of the molecule is CCCCCCCCCC/C=C\CCCCCCCCCCCC(=O)OC(COC(=O)CCCCCCCCCCCCCCCCCCCCCCC)COP(=O)(O)OCCN. The molecule has 3 N–H and O–H groups in total. The van der Waals surface area contributed by atoms with Gasteiger partial charge in [0.15, 0.2) is 6.10 Å². The lowest BCUT2D eigenvalue weighted by Crippen LogP contribution is -2.29. The van der Waals surface area contributed by atoms with E-state index in [1.807, 2.05) is 0 Å². The number of carbonyl (C=O) groups is 2. The standard InChI is InChI=1S/C53H104NO8P/c1-3-5-7-9-11-13-15-17-19-21-23-25-27-29-31-33-35-37-39-41-43-45-52(55)59-49-51(50-61-63(57,58)60-48-47-54)62-53(56)46-44-42-40-38-36-34-32-30-28-26-24-22-20-18-16-14-12-10-8-6-4-2/h22,24,51H,3-21,23,25-50,54H2,1-2H3,(H,57,58)/b24-22-. The van der Waals surface area contributed by atoms with Crippen LogP contribution in [0.2, 0.25) is 0 Å². The third-order valence-electron chi connectivity index (χ3n) is 12.2. The summed E-state index contributed by atoms with van der Waals surface area (Å²) >= 11 is 0. The highest BCUT2D eigenvalue weighted by Gasteiger charge is 2.26. The van der Waals surface area contributed by atoms with Crippen molar-refractivity contribution in [1.82, 2.24) is 0 Å². The maximum atomic E-state index is 12.7. The molecule has 0 bridgehead atoms. The van der Waals surface area contributed by atoms with Gasteiger partial charge in [-0.2, -0.15) is 0 Å². The number of rotatable bonds is 52. The van der Waals surface area contributed by atoms with E-state index in [0.717, 1.165) is 38.5 Å². The molecule has 2 atom stereocenters. The van der Waals surface area contributed by atoms with Crippen LogP contribution in [0.15, 0.2) is 12.2 Å². The zero-order valence-electron chi connectivity index (χ0n) is 41.6. The Morgan fingerprint density at radius 1 is 0.460 bits per heavy atom. The molecule has 9 nitrogen and oxygen atoms in total. The summed E-state index contributed by atoms with van der Waals surface area (Å²) in [6.45, 7) is 3.80. The first-order valence-corrected chi connectivity index (χ1v) is 28.7. The normalized spacial score (nSPS) is 13.1. The molecule has 0 rings (SSSR count). The van der Waals surface area contributed by atoms with E-state index < -0.39 is 26.5 Å². The number of hydrogen-bond acceptors (Lipinski definition) is 8. The Hall–Kier alpha value is -1.25. The predicted octanol–water partition coefficient (Wildman–Crippen LogP) is 16.5. The van der Waals surface area contributed by atoms with Crippen LogP contribution in [-0.2, 0) is 32.7 Å². The molecule has 0 aliphatic heterocycles. The van der Waals surface area contributed by atoms with Crippen molar-refractivity contribution in [2.75, 3.05) is 26.4 Å². The van der Waals surface area contributed by atoms with Gasteiger partial charge in [0.25, 0.3) is 0 Å². The summed E-state index contributed by atoms with van der Waals surface area (Å²) in [5.41, 5.74) is 5.37. The Labute approximate surface area is 389 Å². The molecule has 0 heterocycles. The Kier molecular flexibility index (Phi) is 49.2. The second-order valence-electron chi connectivity index (χ2n) is 18.5. The van der Waals surface area contributed by atoms with Crippen molar-refractivity contribution < 1.29 is 37.6 Å². The predicted molar refractivity (Wildman–Crippen MR) is 266 cm³/mol. The number of ether oxygens (including phenoxy) is 2. The second kappa shape index (κ2) is 50.2. The lowest BCUT2D eigenvalue weighted by atomic mass is 10.0. The van der Waals surface area contributed by atoms with E-state index in [-0.39, 0.29) is 38.6 Å². The summed E-state index contributed by atoms with van der Waals surface area (Å²) in [4.78, 5) is 35.1. The molecule has 0 aromatic heterocycles. The molecular weight excluding hydrogens is 810 g/mol. The van der Waals surface area contributed by atoms with Crippen LogP contribution < -0.4 is 5.73 Å². The summed E-state index contributed by atoms with van der Waals surface area (Å²) in [6, 6.07) is 0. The van der Waals surface area contributed by atoms with Crippen molar-refractivity contribution in [3.05, 3.63) is 12.2 Å². The van der Waals surface area contributed by atoms with E-state index in [2.05, 4.69) is 26.0 Å². The molecule has 0 saturated heterocycles. The molecule has 374 valence electrons. The molecule has 0 radical (unpaired) electrons. The van der Waals surface area contributed by atoms with Crippen LogP contribution in [0.3, 0.4) is 0 Å². The highest BCUT2D eigenvalue weighted by molar-refractivity contribution is 7.47. The number of phosphoric ester groups is 1. The fraction of sp³-hybridized carbons (Fsp3) is 0.925.